The summed E-state index contributed by atoms with van der Waals surface area (Å²) in [5.41, 5.74) is 6.74. The molecule has 1 unspecified atom stereocenters. The standard InChI is InChI=1S/C12H15NO4/c1-17-9-4-2-8(3-5-9)10(7-14)11(13)6-12(15)16/h2-5,7,11,14H,6,13H2,1H3,(H,15,16)/b10-7-. The average molecular weight is 237 g/mol. The van der Waals surface area contributed by atoms with Gasteiger partial charge in [0.2, 0.25) is 0 Å². The zero-order chi connectivity index (χ0) is 12.8. The van der Waals surface area contributed by atoms with Gasteiger partial charge in [0.15, 0.2) is 0 Å². The molecule has 17 heavy (non-hydrogen) atoms. The molecule has 0 radical (unpaired) electrons. The first kappa shape index (κ1) is 13.1. The third kappa shape index (κ3) is 3.49. The van der Waals surface area contributed by atoms with Crippen LogP contribution in [0.5, 0.6) is 5.75 Å². The van der Waals surface area contributed by atoms with Crippen LogP contribution in [0.15, 0.2) is 30.5 Å². The highest BCUT2D eigenvalue weighted by Gasteiger charge is 2.15. The summed E-state index contributed by atoms with van der Waals surface area (Å²) >= 11 is 0. The van der Waals surface area contributed by atoms with E-state index in [4.69, 9.17) is 20.7 Å². The predicted molar refractivity (Wildman–Crippen MR) is 63.8 cm³/mol. The molecule has 0 saturated carbocycles. The Hall–Kier alpha value is -2.01. The van der Waals surface area contributed by atoms with Crippen molar-refractivity contribution in [1.29, 1.82) is 0 Å². The number of aliphatic carboxylic acids is 1. The number of nitrogens with two attached hydrogens (primary N) is 1. The molecule has 0 aliphatic carbocycles. The van der Waals surface area contributed by atoms with Crippen LogP contribution in [-0.4, -0.2) is 29.3 Å². The zero-order valence-corrected chi connectivity index (χ0v) is 9.46. The van der Waals surface area contributed by atoms with E-state index in [2.05, 4.69) is 0 Å². The number of hydrogen-bond donors (Lipinski definition) is 3. The number of hydrogen-bond acceptors (Lipinski definition) is 4. The van der Waals surface area contributed by atoms with Crippen LogP contribution in [0.1, 0.15) is 12.0 Å². The summed E-state index contributed by atoms with van der Waals surface area (Å²) in [6, 6.07) is 6.11. The fourth-order valence-electron chi connectivity index (χ4n) is 1.47. The van der Waals surface area contributed by atoms with E-state index >= 15 is 0 Å². The monoisotopic (exact) mass is 237 g/mol. The predicted octanol–water partition coefficient (Wildman–Crippen LogP) is 1.40. The van der Waals surface area contributed by atoms with Gasteiger partial charge in [-0.2, -0.15) is 0 Å². The lowest BCUT2D eigenvalue weighted by atomic mass is 9.98. The van der Waals surface area contributed by atoms with Crippen LogP contribution in [0, 0.1) is 0 Å². The van der Waals surface area contributed by atoms with Gasteiger partial charge in [-0.3, -0.25) is 4.79 Å². The third-order valence-electron chi connectivity index (χ3n) is 2.36. The van der Waals surface area contributed by atoms with Gasteiger partial charge < -0.3 is 20.7 Å². The van der Waals surface area contributed by atoms with Crippen molar-refractivity contribution in [3.8, 4) is 5.75 Å². The van der Waals surface area contributed by atoms with E-state index in [0.29, 0.717) is 16.9 Å². The van der Waals surface area contributed by atoms with Crippen molar-refractivity contribution in [3.63, 3.8) is 0 Å². The third-order valence-corrected chi connectivity index (χ3v) is 2.36. The number of aliphatic hydroxyl groups is 1. The van der Waals surface area contributed by atoms with Gasteiger partial charge in [0.1, 0.15) is 5.75 Å². The fraction of sp³-hybridized carbons (Fsp3) is 0.250. The van der Waals surface area contributed by atoms with Crippen LogP contribution in [0.3, 0.4) is 0 Å². The molecule has 0 fully saturated rings. The van der Waals surface area contributed by atoms with E-state index in [-0.39, 0.29) is 6.42 Å². The number of ether oxygens (including phenoxy) is 1. The Bertz CT molecular complexity index is 411. The molecule has 5 nitrogen and oxygen atoms in total. The summed E-state index contributed by atoms with van der Waals surface area (Å²) in [5.74, 6) is -0.330. The number of carbonyl (C=O) groups is 1. The lowest BCUT2D eigenvalue weighted by Gasteiger charge is -2.13. The van der Waals surface area contributed by atoms with Gasteiger partial charge in [0.05, 0.1) is 19.8 Å². The highest BCUT2D eigenvalue weighted by molar-refractivity contribution is 5.76. The van der Waals surface area contributed by atoms with Crippen molar-refractivity contribution < 1.29 is 19.7 Å². The normalized spacial score (nSPS) is 13.2. The van der Waals surface area contributed by atoms with Crippen LogP contribution in [0.2, 0.25) is 0 Å². The van der Waals surface area contributed by atoms with Gasteiger partial charge in [-0.25, -0.2) is 0 Å². The minimum atomic E-state index is -1.01. The average Bonchev–Trinajstić information content (AvgIpc) is 2.30. The molecule has 1 aromatic carbocycles. The summed E-state index contributed by atoms with van der Waals surface area (Å²) in [5, 5.41) is 17.8. The Kier molecular flexibility index (Phi) is 4.54. The van der Waals surface area contributed by atoms with Crippen molar-refractivity contribution >= 4 is 11.5 Å². The van der Waals surface area contributed by atoms with Gasteiger partial charge in [0, 0.05) is 11.6 Å². The van der Waals surface area contributed by atoms with Gasteiger partial charge in [0.25, 0.3) is 0 Å². The smallest absolute Gasteiger partial charge is 0.305 e. The number of methoxy groups -OCH3 is 1. The van der Waals surface area contributed by atoms with Crippen molar-refractivity contribution in [2.24, 2.45) is 5.73 Å². The molecule has 0 bridgehead atoms. The maximum atomic E-state index is 10.6. The molecule has 5 heteroatoms. The van der Waals surface area contributed by atoms with Crippen molar-refractivity contribution in [3.05, 3.63) is 36.1 Å². The Morgan fingerprint density at radius 3 is 2.47 bits per heavy atom. The molecule has 4 N–H and O–H groups in total. The van der Waals surface area contributed by atoms with Gasteiger partial charge >= 0.3 is 5.97 Å². The molecule has 0 aromatic heterocycles. The number of carboxylic acid groups (broad SMARTS) is 1. The number of aliphatic hydroxyl groups excluding tert-OH is 1. The van der Waals surface area contributed by atoms with Crippen molar-refractivity contribution in [1.82, 2.24) is 0 Å². The van der Waals surface area contributed by atoms with E-state index in [1.54, 1.807) is 31.4 Å². The lowest BCUT2D eigenvalue weighted by molar-refractivity contribution is -0.137. The summed E-state index contributed by atoms with van der Waals surface area (Å²) in [4.78, 5) is 10.6. The van der Waals surface area contributed by atoms with Crippen LogP contribution in [0.25, 0.3) is 5.57 Å². The largest absolute Gasteiger partial charge is 0.515 e. The minimum absolute atomic E-state index is 0.238. The van der Waals surface area contributed by atoms with Gasteiger partial charge in [-0.15, -0.1) is 0 Å². The molecule has 1 aromatic rings. The Morgan fingerprint density at radius 2 is 2.06 bits per heavy atom. The second-order valence-corrected chi connectivity index (χ2v) is 3.52. The molecule has 0 amide bonds. The molecule has 1 atom stereocenters. The highest BCUT2D eigenvalue weighted by atomic mass is 16.5. The fourth-order valence-corrected chi connectivity index (χ4v) is 1.47. The SMILES string of the molecule is COc1ccc(/C(=C/O)C(N)CC(=O)O)cc1. The topological polar surface area (TPSA) is 92.8 Å². The van der Waals surface area contributed by atoms with Crippen LogP contribution < -0.4 is 10.5 Å². The van der Waals surface area contributed by atoms with Crippen molar-refractivity contribution in [2.45, 2.75) is 12.5 Å². The molecule has 0 aliphatic rings. The molecular weight excluding hydrogens is 222 g/mol. The van der Waals surface area contributed by atoms with E-state index < -0.39 is 12.0 Å². The molecule has 0 spiro atoms. The lowest BCUT2D eigenvalue weighted by Crippen LogP contribution is -2.25. The summed E-state index contributed by atoms with van der Waals surface area (Å²) in [6.07, 6.45) is 0.605. The quantitative estimate of drug-likeness (QED) is 0.673. The molecular formula is C12H15NO4. The Labute approximate surface area is 99.1 Å². The van der Waals surface area contributed by atoms with Crippen LogP contribution in [0.4, 0.5) is 0 Å². The van der Waals surface area contributed by atoms with E-state index in [0.717, 1.165) is 6.26 Å². The molecule has 92 valence electrons. The Morgan fingerprint density at radius 1 is 1.47 bits per heavy atom. The first-order valence-electron chi connectivity index (χ1n) is 5.04. The summed E-state index contributed by atoms with van der Waals surface area (Å²) in [7, 11) is 1.55. The van der Waals surface area contributed by atoms with E-state index in [1.807, 2.05) is 0 Å². The minimum Gasteiger partial charge on any atom is -0.515 e. The maximum Gasteiger partial charge on any atom is 0.305 e. The number of rotatable bonds is 5. The molecule has 0 heterocycles. The second kappa shape index (κ2) is 5.91. The maximum absolute atomic E-state index is 10.6. The second-order valence-electron chi connectivity index (χ2n) is 3.52. The highest BCUT2D eigenvalue weighted by Crippen LogP contribution is 2.21. The molecule has 0 aliphatic heterocycles. The van der Waals surface area contributed by atoms with Crippen LogP contribution >= 0.6 is 0 Å². The first-order valence-corrected chi connectivity index (χ1v) is 5.04. The van der Waals surface area contributed by atoms with Crippen LogP contribution in [-0.2, 0) is 4.79 Å². The molecule has 1 rings (SSSR count). The zero-order valence-electron chi connectivity index (χ0n) is 9.46. The number of carboxylic acids is 1. The first-order chi connectivity index (χ1) is 8.08. The van der Waals surface area contributed by atoms with E-state index in [1.165, 1.54) is 0 Å². The van der Waals surface area contributed by atoms with E-state index in [9.17, 15) is 4.79 Å². The Balaban J connectivity index is 2.90. The van der Waals surface area contributed by atoms with Crippen molar-refractivity contribution in [2.75, 3.05) is 7.11 Å². The van der Waals surface area contributed by atoms with Gasteiger partial charge in [-0.05, 0) is 17.7 Å². The van der Waals surface area contributed by atoms with Gasteiger partial charge in [-0.1, -0.05) is 12.1 Å². The molecule has 0 saturated heterocycles. The summed E-state index contributed by atoms with van der Waals surface area (Å²) in [6.45, 7) is 0. The summed E-state index contributed by atoms with van der Waals surface area (Å²) < 4.78 is 5.00. The number of benzene rings is 1.